The average Bonchev–Trinajstić information content (AvgIpc) is 2.01. The Morgan fingerprint density at radius 3 is 2.31 bits per heavy atom. The number of hydrogen-bond acceptors (Lipinski definition) is 4. The number of carbonyl (C=O) groups excluding carboxylic acids is 1. The van der Waals surface area contributed by atoms with E-state index in [4.69, 9.17) is 4.74 Å². The summed E-state index contributed by atoms with van der Waals surface area (Å²) in [5.74, 6) is -0.149. The second-order valence-electron chi connectivity index (χ2n) is 3.35. The van der Waals surface area contributed by atoms with Crippen molar-refractivity contribution in [1.82, 2.24) is 9.80 Å². The van der Waals surface area contributed by atoms with Crippen molar-refractivity contribution in [2.75, 3.05) is 47.4 Å². The van der Waals surface area contributed by atoms with E-state index in [1.807, 2.05) is 33.0 Å². The summed E-state index contributed by atoms with van der Waals surface area (Å²) in [5, 5.41) is 0. The standard InChI is InChI=1S/C9H20N2O2/c1-5-13-9(12)8-11(4)7-6-10(2)3/h5-8H2,1-4H3. The normalized spacial score (nSPS) is 10.9. The number of ether oxygens (including phenoxy) is 1. The van der Waals surface area contributed by atoms with E-state index in [0.717, 1.165) is 13.1 Å². The van der Waals surface area contributed by atoms with Gasteiger partial charge in [0.1, 0.15) is 0 Å². The minimum Gasteiger partial charge on any atom is -0.465 e. The second-order valence-corrected chi connectivity index (χ2v) is 3.35. The minimum atomic E-state index is -0.149. The molecule has 0 aromatic carbocycles. The molecular formula is C9H20N2O2. The highest BCUT2D eigenvalue weighted by atomic mass is 16.5. The maximum absolute atomic E-state index is 11.0. The summed E-state index contributed by atoms with van der Waals surface area (Å²) in [5.41, 5.74) is 0. The fourth-order valence-electron chi connectivity index (χ4n) is 0.877. The van der Waals surface area contributed by atoms with Crippen LogP contribution in [-0.2, 0) is 9.53 Å². The van der Waals surface area contributed by atoms with Gasteiger partial charge in [-0.05, 0) is 28.1 Å². The molecule has 0 bridgehead atoms. The molecule has 0 atom stereocenters. The predicted octanol–water partition coefficient (Wildman–Crippen LogP) is 0.0429. The Balaban J connectivity index is 3.49. The van der Waals surface area contributed by atoms with Gasteiger partial charge in [0.15, 0.2) is 0 Å². The van der Waals surface area contributed by atoms with Crippen LogP contribution in [0.2, 0.25) is 0 Å². The van der Waals surface area contributed by atoms with Crippen molar-refractivity contribution in [3.05, 3.63) is 0 Å². The van der Waals surface area contributed by atoms with Gasteiger partial charge >= 0.3 is 5.97 Å². The van der Waals surface area contributed by atoms with Crippen molar-refractivity contribution in [1.29, 1.82) is 0 Å². The number of esters is 1. The van der Waals surface area contributed by atoms with Gasteiger partial charge < -0.3 is 9.64 Å². The van der Waals surface area contributed by atoms with Crippen LogP contribution in [0.5, 0.6) is 0 Å². The molecule has 0 heterocycles. The number of carbonyl (C=O) groups is 1. The number of likely N-dealkylation sites (N-methyl/N-ethyl adjacent to an activating group) is 2. The fraction of sp³-hybridized carbons (Fsp3) is 0.889. The van der Waals surface area contributed by atoms with Crippen LogP contribution >= 0.6 is 0 Å². The van der Waals surface area contributed by atoms with Crippen molar-refractivity contribution in [3.63, 3.8) is 0 Å². The van der Waals surface area contributed by atoms with Crippen LogP contribution in [0.4, 0.5) is 0 Å². The van der Waals surface area contributed by atoms with Crippen LogP contribution in [0.15, 0.2) is 0 Å². The van der Waals surface area contributed by atoms with E-state index in [0.29, 0.717) is 13.2 Å². The molecular weight excluding hydrogens is 168 g/mol. The van der Waals surface area contributed by atoms with Crippen molar-refractivity contribution < 1.29 is 9.53 Å². The van der Waals surface area contributed by atoms with Crippen molar-refractivity contribution in [3.8, 4) is 0 Å². The molecule has 0 unspecified atom stereocenters. The third-order valence-corrected chi connectivity index (χ3v) is 1.63. The summed E-state index contributed by atoms with van der Waals surface area (Å²) in [4.78, 5) is 15.1. The van der Waals surface area contributed by atoms with Crippen LogP contribution in [0.25, 0.3) is 0 Å². The van der Waals surface area contributed by atoms with Gasteiger partial charge in [0.05, 0.1) is 13.2 Å². The van der Waals surface area contributed by atoms with Gasteiger partial charge in [0.25, 0.3) is 0 Å². The molecule has 4 heteroatoms. The molecule has 0 amide bonds. The zero-order chi connectivity index (χ0) is 10.3. The van der Waals surface area contributed by atoms with Gasteiger partial charge in [-0.3, -0.25) is 9.69 Å². The van der Waals surface area contributed by atoms with Gasteiger partial charge in [0.2, 0.25) is 0 Å². The number of nitrogens with zero attached hydrogens (tertiary/aromatic N) is 2. The molecule has 0 aliphatic heterocycles. The molecule has 0 radical (unpaired) electrons. The minimum absolute atomic E-state index is 0.149. The smallest absolute Gasteiger partial charge is 0.320 e. The van der Waals surface area contributed by atoms with Crippen LogP contribution in [0.3, 0.4) is 0 Å². The predicted molar refractivity (Wildman–Crippen MR) is 52.7 cm³/mol. The highest BCUT2D eigenvalue weighted by molar-refractivity contribution is 5.71. The summed E-state index contributed by atoms with van der Waals surface area (Å²) in [6, 6.07) is 0. The topological polar surface area (TPSA) is 32.8 Å². The Hall–Kier alpha value is -0.610. The van der Waals surface area contributed by atoms with Crippen LogP contribution in [0.1, 0.15) is 6.92 Å². The first-order valence-corrected chi connectivity index (χ1v) is 4.55. The van der Waals surface area contributed by atoms with Gasteiger partial charge in [-0.1, -0.05) is 0 Å². The number of rotatable bonds is 6. The highest BCUT2D eigenvalue weighted by Gasteiger charge is 2.06. The van der Waals surface area contributed by atoms with E-state index in [1.54, 1.807) is 0 Å². The van der Waals surface area contributed by atoms with E-state index in [9.17, 15) is 4.79 Å². The lowest BCUT2D eigenvalue weighted by molar-refractivity contribution is -0.144. The molecule has 0 saturated heterocycles. The summed E-state index contributed by atoms with van der Waals surface area (Å²) in [7, 11) is 5.94. The average molecular weight is 188 g/mol. The number of hydrogen-bond donors (Lipinski definition) is 0. The first-order valence-electron chi connectivity index (χ1n) is 4.55. The molecule has 0 fully saturated rings. The molecule has 0 saturated carbocycles. The lowest BCUT2D eigenvalue weighted by Gasteiger charge is -2.17. The van der Waals surface area contributed by atoms with E-state index < -0.39 is 0 Å². The second kappa shape index (κ2) is 6.86. The largest absolute Gasteiger partial charge is 0.465 e. The van der Waals surface area contributed by atoms with Gasteiger partial charge in [-0.2, -0.15) is 0 Å². The highest BCUT2D eigenvalue weighted by Crippen LogP contribution is 1.86. The molecule has 78 valence electrons. The quantitative estimate of drug-likeness (QED) is 0.551. The van der Waals surface area contributed by atoms with E-state index in [-0.39, 0.29) is 5.97 Å². The van der Waals surface area contributed by atoms with Gasteiger partial charge in [-0.25, -0.2) is 0 Å². The molecule has 0 aliphatic rings. The molecule has 0 rings (SSSR count). The van der Waals surface area contributed by atoms with Crippen LogP contribution in [-0.4, -0.2) is 63.2 Å². The lowest BCUT2D eigenvalue weighted by atomic mass is 10.5. The Kier molecular flexibility index (Phi) is 6.54. The van der Waals surface area contributed by atoms with Crippen LogP contribution in [0, 0.1) is 0 Å². The molecule has 0 aromatic rings. The van der Waals surface area contributed by atoms with Crippen LogP contribution < -0.4 is 0 Å². The van der Waals surface area contributed by atoms with Gasteiger partial charge in [0, 0.05) is 13.1 Å². The molecule has 4 nitrogen and oxygen atoms in total. The molecule has 0 N–H and O–H groups in total. The summed E-state index contributed by atoms with van der Waals surface area (Å²) in [6.45, 7) is 4.49. The van der Waals surface area contributed by atoms with E-state index in [1.165, 1.54) is 0 Å². The molecule has 13 heavy (non-hydrogen) atoms. The summed E-state index contributed by atoms with van der Waals surface area (Å²) >= 11 is 0. The van der Waals surface area contributed by atoms with Crippen molar-refractivity contribution in [2.24, 2.45) is 0 Å². The van der Waals surface area contributed by atoms with E-state index in [2.05, 4.69) is 4.90 Å². The molecule has 0 aliphatic carbocycles. The molecule has 0 aromatic heterocycles. The molecule has 0 spiro atoms. The zero-order valence-corrected chi connectivity index (χ0v) is 9.04. The third-order valence-electron chi connectivity index (χ3n) is 1.63. The first kappa shape index (κ1) is 12.4. The maximum Gasteiger partial charge on any atom is 0.320 e. The summed E-state index contributed by atoms with van der Waals surface area (Å²) < 4.78 is 4.83. The lowest BCUT2D eigenvalue weighted by Crippen LogP contribution is -2.33. The van der Waals surface area contributed by atoms with Gasteiger partial charge in [-0.15, -0.1) is 0 Å². The third kappa shape index (κ3) is 7.74. The summed E-state index contributed by atoms with van der Waals surface area (Å²) in [6.07, 6.45) is 0. The monoisotopic (exact) mass is 188 g/mol. The Bertz CT molecular complexity index is 149. The maximum atomic E-state index is 11.0. The van der Waals surface area contributed by atoms with Crippen molar-refractivity contribution in [2.45, 2.75) is 6.92 Å². The Labute approximate surface area is 80.5 Å². The fourth-order valence-corrected chi connectivity index (χ4v) is 0.877. The Morgan fingerprint density at radius 2 is 1.85 bits per heavy atom. The van der Waals surface area contributed by atoms with E-state index >= 15 is 0 Å². The zero-order valence-electron chi connectivity index (χ0n) is 9.04. The SMILES string of the molecule is CCOC(=O)CN(C)CCN(C)C. The van der Waals surface area contributed by atoms with Crippen molar-refractivity contribution >= 4 is 5.97 Å². The Morgan fingerprint density at radius 1 is 1.23 bits per heavy atom. The first-order chi connectivity index (χ1) is 6.06.